The molecule has 0 aromatic rings. The van der Waals surface area contributed by atoms with Crippen molar-refractivity contribution in [2.45, 2.75) is 30.8 Å². The number of carbonyl (C=O) groups is 1. The van der Waals surface area contributed by atoms with Gasteiger partial charge in [-0.25, -0.2) is 0 Å². The number of hydrogen-bond acceptors (Lipinski definition) is 7. The predicted molar refractivity (Wildman–Crippen MR) is 50.0 cm³/mol. The Kier molecular flexibility index (Phi) is 2.91. The maximum atomic E-state index is 11.0. The van der Waals surface area contributed by atoms with E-state index in [1.165, 1.54) is 0 Å². The molecular weight excluding hydrogens is 240 g/mol. The zero-order valence-corrected chi connectivity index (χ0v) is 9.35. The fourth-order valence-electron chi connectivity index (χ4n) is 1.94. The molecule has 16 heavy (non-hydrogen) atoms. The largest absolute Gasteiger partial charge is 0.457 e. The molecule has 4 atom stereocenters. The second-order valence-electron chi connectivity index (χ2n) is 3.82. The normalized spacial score (nSPS) is 38.5. The molecule has 0 aromatic heterocycles. The molecule has 0 radical (unpaired) electrons. The van der Waals surface area contributed by atoms with Gasteiger partial charge in [0.05, 0.1) is 19.3 Å². The van der Waals surface area contributed by atoms with Gasteiger partial charge in [-0.05, 0) is 0 Å². The summed E-state index contributed by atoms with van der Waals surface area (Å²) in [5.41, 5.74) is 0. The van der Waals surface area contributed by atoms with Gasteiger partial charge < -0.3 is 14.6 Å². The number of carbonyl (C=O) groups excluding carboxylic acids is 1. The molecule has 0 unspecified atom stereocenters. The Morgan fingerprint density at radius 2 is 2.25 bits per heavy atom. The van der Waals surface area contributed by atoms with Gasteiger partial charge in [0.1, 0.15) is 18.3 Å². The van der Waals surface area contributed by atoms with Gasteiger partial charge in [0.2, 0.25) is 0 Å². The van der Waals surface area contributed by atoms with E-state index >= 15 is 0 Å². The Labute approximate surface area is 92.4 Å². The molecule has 2 aliphatic heterocycles. The molecule has 0 bridgehead atoms. The zero-order valence-electron chi connectivity index (χ0n) is 8.53. The molecular formula is C8H12O7S. The van der Waals surface area contributed by atoms with E-state index in [4.69, 9.17) is 18.8 Å². The van der Waals surface area contributed by atoms with Crippen molar-refractivity contribution in [3.05, 3.63) is 0 Å². The second-order valence-corrected chi connectivity index (χ2v) is 5.42. The molecule has 0 amide bonds. The first-order valence-corrected chi connectivity index (χ1v) is 6.56. The molecule has 7 nitrogen and oxygen atoms in total. The Hall–Kier alpha value is -0.700. The van der Waals surface area contributed by atoms with Gasteiger partial charge >= 0.3 is 5.97 Å². The molecule has 2 aliphatic rings. The standard InChI is InChI=1S/C8H12O7S/c1-16(11,12)15-8-5(3-9)13-4-2-6(10)14-7(4)8/h4-5,7-9H,2-3H2,1H3/t4-,5-,7+,8+/m0/s1. The van der Waals surface area contributed by atoms with E-state index in [0.29, 0.717) is 0 Å². The number of aliphatic hydroxyl groups excluding tert-OH is 1. The fraction of sp³-hybridized carbons (Fsp3) is 0.875. The van der Waals surface area contributed by atoms with E-state index in [9.17, 15) is 13.2 Å². The molecule has 0 spiro atoms. The summed E-state index contributed by atoms with van der Waals surface area (Å²) in [7, 11) is -3.69. The first-order valence-electron chi connectivity index (χ1n) is 4.75. The predicted octanol–water partition coefficient (Wildman–Crippen LogP) is -1.59. The Morgan fingerprint density at radius 3 is 2.81 bits per heavy atom. The summed E-state index contributed by atoms with van der Waals surface area (Å²) < 4.78 is 37.0. The van der Waals surface area contributed by atoms with E-state index in [1.807, 2.05) is 0 Å². The van der Waals surface area contributed by atoms with E-state index in [0.717, 1.165) is 6.26 Å². The summed E-state index contributed by atoms with van der Waals surface area (Å²) in [5, 5.41) is 9.01. The van der Waals surface area contributed by atoms with Crippen LogP contribution in [0.3, 0.4) is 0 Å². The van der Waals surface area contributed by atoms with Crippen LogP contribution in [0.5, 0.6) is 0 Å². The lowest BCUT2D eigenvalue weighted by Gasteiger charge is -2.19. The lowest BCUT2D eigenvalue weighted by atomic mass is 10.1. The van der Waals surface area contributed by atoms with Gasteiger partial charge in [0.15, 0.2) is 6.10 Å². The van der Waals surface area contributed by atoms with E-state index in [2.05, 4.69) is 0 Å². The maximum Gasteiger partial charge on any atom is 0.309 e. The van der Waals surface area contributed by atoms with Crippen molar-refractivity contribution in [1.82, 2.24) is 0 Å². The monoisotopic (exact) mass is 252 g/mol. The molecule has 2 fully saturated rings. The van der Waals surface area contributed by atoms with E-state index in [-0.39, 0.29) is 13.0 Å². The summed E-state index contributed by atoms with van der Waals surface area (Å²) in [4.78, 5) is 11.0. The van der Waals surface area contributed by atoms with Crippen molar-refractivity contribution in [3.8, 4) is 0 Å². The van der Waals surface area contributed by atoms with Crippen molar-refractivity contribution in [2.24, 2.45) is 0 Å². The zero-order chi connectivity index (χ0) is 11.9. The van der Waals surface area contributed by atoms with Gasteiger partial charge in [-0.2, -0.15) is 8.42 Å². The summed E-state index contributed by atoms with van der Waals surface area (Å²) in [6.45, 7) is -0.384. The van der Waals surface area contributed by atoms with Crippen LogP contribution in [0.25, 0.3) is 0 Å². The first-order chi connectivity index (χ1) is 7.40. The first kappa shape index (κ1) is 11.8. The molecule has 0 aliphatic carbocycles. The highest BCUT2D eigenvalue weighted by molar-refractivity contribution is 7.86. The fourth-order valence-corrected chi connectivity index (χ4v) is 2.58. The number of esters is 1. The topological polar surface area (TPSA) is 99.1 Å². The van der Waals surface area contributed by atoms with Crippen LogP contribution in [0.2, 0.25) is 0 Å². The van der Waals surface area contributed by atoms with Gasteiger partial charge in [-0.3, -0.25) is 8.98 Å². The second kappa shape index (κ2) is 3.95. The minimum Gasteiger partial charge on any atom is -0.457 e. The van der Waals surface area contributed by atoms with Crippen LogP contribution >= 0.6 is 0 Å². The van der Waals surface area contributed by atoms with Crippen LogP contribution in [-0.2, 0) is 28.6 Å². The van der Waals surface area contributed by atoms with Crippen molar-refractivity contribution in [1.29, 1.82) is 0 Å². The van der Waals surface area contributed by atoms with Crippen LogP contribution in [0.4, 0.5) is 0 Å². The molecule has 8 heteroatoms. The van der Waals surface area contributed by atoms with Crippen molar-refractivity contribution < 1.29 is 32.0 Å². The third-order valence-corrected chi connectivity index (χ3v) is 3.08. The highest BCUT2D eigenvalue weighted by Gasteiger charge is 2.53. The summed E-state index contributed by atoms with van der Waals surface area (Å²) in [6, 6.07) is 0. The molecule has 0 aromatic carbocycles. The lowest BCUT2D eigenvalue weighted by Crippen LogP contribution is -2.38. The summed E-state index contributed by atoms with van der Waals surface area (Å²) >= 11 is 0. The number of rotatable bonds is 3. The quantitative estimate of drug-likeness (QED) is 0.477. The number of hydrogen-bond donors (Lipinski definition) is 1. The summed E-state index contributed by atoms with van der Waals surface area (Å²) in [5.74, 6) is -0.450. The molecule has 1 N–H and O–H groups in total. The van der Waals surface area contributed by atoms with Crippen LogP contribution in [0, 0.1) is 0 Å². The number of aliphatic hydroxyl groups is 1. The number of fused-ring (bicyclic) bond motifs is 1. The van der Waals surface area contributed by atoms with Gasteiger partial charge in [-0.15, -0.1) is 0 Å². The Bertz CT molecular complexity index is 389. The number of ether oxygens (including phenoxy) is 2. The average molecular weight is 252 g/mol. The van der Waals surface area contributed by atoms with Gasteiger partial charge in [0.25, 0.3) is 10.1 Å². The Morgan fingerprint density at radius 1 is 1.56 bits per heavy atom. The van der Waals surface area contributed by atoms with Crippen LogP contribution < -0.4 is 0 Å². The van der Waals surface area contributed by atoms with Crippen molar-refractivity contribution in [2.75, 3.05) is 12.9 Å². The van der Waals surface area contributed by atoms with Crippen LogP contribution in [0.15, 0.2) is 0 Å². The van der Waals surface area contributed by atoms with Crippen molar-refractivity contribution in [3.63, 3.8) is 0 Å². The Balaban J connectivity index is 2.16. The average Bonchev–Trinajstić information content (AvgIpc) is 2.62. The molecule has 92 valence electrons. The van der Waals surface area contributed by atoms with E-state index in [1.54, 1.807) is 0 Å². The highest BCUT2D eigenvalue weighted by atomic mass is 32.2. The smallest absolute Gasteiger partial charge is 0.309 e. The summed E-state index contributed by atoms with van der Waals surface area (Å²) in [6.07, 6.45) is -2.07. The molecule has 2 heterocycles. The van der Waals surface area contributed by atoms with Gasteiger partial charge in [0, 0.05) is 0 Å². The minimum atomic E-state index is -3.69. The molecule has 2 saturated heterocycles. The lowest BCUT2D eigenvalue weighted by molar-refractivity contribution is -0.145. The van der Waals surface area contributed by atoms with Crippen LogP contribution in [0.1, 0.15) is 6.42 Å². The molecule has 0 saturated carbocycles. The maximum absolute atomic E-state index is 11.0. The highest BCUT2D eigenvalue weighted by Crippen LogP contribution is 2.33. The van der Waals surface area contributed by atoms with E-state index < -0.39 is 40.5 Å². The van der Waals surface area contributed by atoms with Crippen LogP contribution in [-0.4, -0.2) is 56.8 Å². The third kappa shape index (κ3) is 2.19. The van der Waals surface area contributed by atoms with Crippen molar-refractivity contribution >= 4 is 16.1 Å². The van der Waals surface area contributed by atoms with Gasteiger partial charge in [-0.1, -0.05) is 0 Å². The minimum absolute atomic E-state index is 0.0603. The third-order valence-electron chi connectivity index (χ3n) is 2.51. The SMILES string of the molecule is CS(=O)(=O)O[C@H]1[C@@H]2OC(=O)C[C@@H]2O[C@H]1CO. The molecule has 2 rings (SSSR count).